The Kier molecular flexibility index (Phi) is 7.26. The Balaban J connectivity index is 1.20. The van der Waals surface area contributed by atoms with Gasteiger partial charge in [-0.25, -0.2) is 4.79 Å². The van der Waals surface area contributed by atoms with Crippen LogP contribution in [0, 0.1) is 17.8 Å². The van der Waals surface area contributed by atoms with Crippen LogP contribution in [0.1, 0.15) is 102 Å². The van der Waals surface area contributed by atoms with E-state index in [1.165, 1.54) is 5.56 Å². The lowest BCUT2D eigenvalue weighted by molar-refractivity contribution is -0.0237. The van der Waals surface area contributed by atoms with Crippen molar-refractivity contribution >= 4 is 29.4 Å². The quantitative estimate of drug-likeness (QED) is 0.298. The van der Waals surface area contributed by atoms with E-state index in [0.717, 1.165) is 106 Å². The molecule has 2 fully saturated rings. The molecular formula is C32H38ClNO4. The summed E-state index contributed by atoms with van der Waals surface area (Å²) in [6, 6.07) is 7.80. The molecule has 1 aromatic heterocycles. The third kappa shape index (κ3) is 4.77. The number of carbonyl (C=O) groups is 2. The van der Waals surface area contributed by atoms with Crippen LogP contribution < -0.4 is 0 Å². The summed E-state index contributed by atoms with van der Waals surface area (Å²) in [5.74, 6) is 0.992. The zero-order valence-electron chi connectivity index (χ0n) is 22.3. The Morgan fingerprint density at radius 2 is 1.84 bits per heavy atom. The molecule has 1 unspecified atom stereocenters. The summed E-state index contributed by atoms with van der Waals surface area (Å²) in [5, 5.41) is 0.879. The molecule has 0 bridgehead atoms. The summed E-state index contributed by atoms with van der Waals surface area (Å²) in [4.78, 5) is 26.6. The fourth-order valence-electron chi connectivity index (χ4n) is 7.17. The number of allylic oxidation sites excluding steroid dienone is 1. The number of ketones is 1. The number of hydrogen-bond donors (Lipinski definition) is 0. The van der Waals surface area contributed by atoms with Gasteiger partial charge in [-0.1, -0.05) is 36.7 Å². The van der Waals surface area contributed by atoms with Crippen molar-refractivity contribution in [2.24, 2.45) is 17.8 Å². The maximum atomic E-state index is 14.0. The largest absolute Gasteiger partial charge is 0.451 e. The second-order valence-corrected chi connectivity index (χ2v) is 12.3. The van der Waals surface area contributed by atoms with Gasteiger partial charge in [-0.15, -0.1) is 0 Å². The molecule has 6 heteroatoms. The lowest BCUT2D eigenvalue weighted by atomic mass is 9.77. The molecule has 6 rings (SSSR count). The molecule has 1 atom stereocenters. The van der Waals surface area contributed by atoms with Crippen LogP contribution >= 0.6 is 11.6 Å². The Morgan fingerprint density at radius 3 is 2.61 bits per heavy atom. The Morgan fingerprint density at radius 1 is 1.11 bits per heavy atom. The first kappa shape index (κ1) is 25.9. The third-order valence-corrected chi connectivity index (χ3v) is 9.91. The number of carbonyl (C=O) groups excluding carboxylic acids is 2. The molecule has 0 radical (unpaired) electrons. The summed E-state index contributed by atoms with van der Waals surface area (Å²) in [6.07, 6.45) is 13.3. The van der Waals surface area contributed by atoms with Crippen LogP contribution in [0.15, 0.2) is 35.5 Å². The van der Waals surface area contributed by atoms with Crippen molar-refractivity contribution < 1.29 is 19.1 Å². The van der Waals surface area contributed by atoms with Gasteiger partial charge in [0.25, 0.3) is 0 Å². The maximum absolute atomic E-state index is 14.0. The summed E-state index contributed by atoms with van der Waals surface area (Å²) >= 11 is 6.61. The van der Waals surface area contributed by atoms with Crippen molar-refractivity contribution in [3.05, 3.63) is 63.4 Å². The normalized spacial score (nSPS) is 27.7. The van der Waals surface area contributed by atoms with Crippen molar-refractivity contribution in [2.45, 2.75) is 83.3 Å². The van der Waals surface area contributed by atoms with Crippen LogP contribution in [-0.4, -0.2) is 29.5 Å². The zero-order chi connectivity index (χ0) is 26.3. The molecule has 38 heavy (non-hydrogen) atoms. The first-order valence-electron chi connectivity index (χ1n) is 14.5. The highest BCUT2D eigenvalue weighted by molar-refractivity contribution is 6.32. The van der Waals surface area contributed by atoms with E-state index < -0.39 is 5.60 Å². The maximum Gasteiger partial charge on any atom is 0.339 e. The number of benzene rings is 1. The number of aromatic nitrogens is 1. The highest BCUT2D eigenvalue weighted by atomic mass is 35.5. The molecule has 0 N–H and O–H groups in total. The van der Waals surface area contributed by atoms with Gasteiger partial charge in [0.15, 0.2) is 5.78 Å². The van der Waals surface area contributed by atoms with Crippen LogP contribution in [-0.2, 0) is 28.0 Å². The first-order valence-corrected chi connectivity index (χ1v) is 14.9. The van der Waals surface area contributed by atoms with E-state index in [4.69, 9.17) is 21.1 Å². The molecule has 0 amide bonds. The molecule has 202 valence electrons. The van der Waals surface area contributed by atoms with Crippen molar-refractivity contribution in [1.29, 1.82) is 0 Å². The van der Waals surface area contributed by atoms with E-state index in [0.29, 0.717) is 11.5 Å². The van der Waals surface area contributed by atoms with Crippen molar-refractivity contribution in [3.8, 4) is 0 Å². The smallest absolute Gasteiger partial charge is 0.339 e. The number of fused-ring (bicyclic) bond motifs is 3. The monoisotopic (exact) mass is 535 g/mol. The van der Waals surface area contributed by atoms with Gasteiger partial charge in [-0.3, -0.25) is 4.79 Å². The minimum Gasteiger partial charge on any atom is -0.451 e. The minimum atomic E-state index is -0.522. The standard InChI is InChI=1S/C32H38ClNO4/c1-21-18-25-26(20-34(29(25)19-28(21)33)15-10-22-11-16-37-17-12-22)30(35)23-6-4-13-32(14-5-7-23)27-9-3-2-8-24(27)31(36)38-32/h2-3,8-9,19-23H,4-7,10-18H2,1H3. The number of rotatable bonds is 5. The Hall–Kier alpha value is -2.37. The van der Waals surface area contributed by atoms with Crippen LogP contribution in [0.25, 0.3) is 6.08 Å². The number of ether oxygens (including phenoxy) is 2. The minimum absolute atomic E-state index is 0.00632. The Labute approximate surface area is 230 Å². The van der Waals surface area contributed by atoms with Gasteiger partial charge in [0, 0.05) is 53.7 Å². The summed E-state index contributed by atoms with van der Waals surface area (Å²) in [7, 11) is 0. The van der Waals surface area contributed by atoms with Gasteiger partial charge in [0.2, 0.25) is 0 Å². The van der Waals surface area contributed by atoms with Crippen LogP contribution in [0.2, 0.25) is 0 Å². The molecule has 1 spiro atoms. The molecule has 5 nitrogen and oxygen atoms in total. The van der Waals surface area contributed by atoms with Gasteiger partial charge in [0.1, 0.15) is 5.60 Å². The molecule has 2 aliphatic carbocycles. The number of aryl methyl sites for hydroxylation is 1. The fraction of sp³-hybridized carbons (Fsp3) is 0.562. The zero-order valence-corrected chi connectivity index (χ0v) is 23.1. The van der Waals surface area contributed by atoms with Crippen LogP contribution in [0.3, 0.4) is 0 Å². The summed E-state index contributed by atoms with van der Waals surface area (Å²) < 4.78 is 13.8. The predicted molar refractivity (Wildman–Crippen MR) is 148 cm³/mol. The van der Waals surface area contributed by atoms with Gasteiger partial charge in [-0.2, -0.15) is 0 Å². The SMILES string of the molecule is CC1Cc2c(C(=O)C3CCCC4(CCC3)OC(=O)c3ccccc34)cn(CCC3CCOCC3)c2C=C1Cl. The lowest BCUT2D eigenvalue weighted by Crippen LogP contribution is -2.29. The summed E-state index contributed by atoms with van der Waals surface area (Å²) in [5.41, 5.74) is 4.42. The van der Waals surface area contributed by atoms with Gasteiger partial charge < -0.3 is 14.0 Å². The average Bonchev–Trinajstić information content (AvgIpc) is 3.40. The van der Waals surface area contributed by atoms with E-state index in [9.17, 15) is 9.59 Å². The van der Waals surface area contributed by atoms with Crippen molar-refractivity contribution in [1.82, 2.24) is 4.57 Å². The molecule has 1 saturated heterocycles. The molecule has 3 heterocycles. The molecular weight excluding hydrogens is 498 g/mol. The third-order valence-electron chi connectivity index (χ3n) is 9.43. The number of Topliss-reactive ketones (excluding diaryl/α,β-unsaturated/α-hetero) is 1. The first-order chi connectivity index (χ1) is 18.4. The van der Waals surface area contributed by atoms with Crippen LogP contribution in [0.4, 0.5) is 0 Å². The van der Waals surface area contributed by atoms with E-state index in [1.807, 2.05) is 24.3 Å². The lowest BCUT2D eigenvalue weighted by Gasteiger charge is -2.32. The average molecular weight is 536 g/mol. The van der Waals surface area contributed by atoms with Gasteiger partial charge in [0.05, 0.1) is 5.56 Å². The molecule has 1 aromatic carbocycles. The number of hydrogen-bond acceptors (Lipinski definition) is 4. The topological polar surface area (TPSA) is 57.5 Å². The van der Waals surface area contributed by atoms with E-state index >= 15 is 0 Å². The Bertz CT molecular complexity index is 1240. The summed E-state index contributed by atoms with van der Waals surface area (Å²) in [6.45, 7) is 4.77. The van der Waals surface area contributed by atoms with Crippen molar-refractivity contribution in [3.63, 3.8) is 0 Å². The number of halogens is 1. The number of esters is 1. The number of nitrogens with zero attached hydrogens (tertiary/aromatic N) is 1. The van der Waals surface area contributed by atoms with E-state index in [1.54, 1.807) is 0 Å². The van der Waals surface area contributed by atoms with Crippen LogP contribution in [0.5, 0.6) is 0 Å². The second-order valence-electron chi connectivity index (χ2n) is 11.9. The highest BCUT2D eigenvalue weighted by Gasteiger charge is 2.45. The fourth-order valence-corrected chi connectivity index (χ4v) is 7.35. The highest BCUT2D eigenvalue weighted by Crippen LogP contribution is 2.46. The second kappa shape index (κ2) is 10.7. The van der Waals surface area contributed by atoms with E-state index in [2.05, 4.69) is 23.8 Å². The van der Waals surface area contributed by atoms with Gasteiger partial charge >= 0.3 is 5.97 Å². The van der Waals surface area contributed by atoms with E-state index in [-0.39, 0.29) is 23.6 Å². The van der Waals surface area contributed by atoms with Crippen molar-refractivity contribution in [2.75, 3.05) is 13.2 Å². The predicted octanol–water partition coefficient (Wildman–Crippen LogP) is 7.30. The molecule has 2 aromatic rings. The molecule has 1 saturated carbocycles. The van der Waals surface area contributed by atoms with Gasteiger partial charge in [-0.05, 0) is 93.7 Å². The molecule has 2 aliphatic heterocycles. The molecule has 4 aliphatic rings.